The van der Waals surface area contributed by atoms with Crippen LogP contribution in [0, 0.1) is 23.2 Å². The van der Waals surface area contributed by atoms with E-state index in [0.29, 0.717) is 21.8 Å². The zero-order valence-electron chi connectivity index (χ0n) is 19.3. The summed E-state index contributed by atoms with van der Waals surface area (Å²) < 4.78 is 1.84. The summed E-state index contributed by atoms with van der Waals surface area (Å²) in [6.45, 7) is 9.27. The quantitative estimate of drug-likeness (QED) is 0.574. The first-order chi connectivity index (χ1) is 15.2. The van der Waals surface area contributed by atoms with Crippen LogP contribution in [-0.2, 0) is 11.3 Å². The van der Waals surface area contributed by atoms with Crippen molar-refractivity contribution in [2.75, 3.05) is 5.32 Å². The number of anilines is 1. The standard InChI is InChI=1S/C25H33BrN4O2/c1-15-19-12-18(25(19,3)4)13-20(15)29-21-14-27-30(24(32)23(21)26)11-10-22(31)28-16(2)17-8-6-5-7-9-17/h5-9,14-16,18-20,29H,10-13H2,1-4H3,(H,28,31)/t15-,16?,18+,19-,20-/m1/s1. The van der Waals surface area contributed by atoms with E-state index in [1.54, 1.807) is 6.20 Å². The Hall–Kier alpha value is -2.15. The van der Waals surface area contributed by atoms with Gasteiger partial charge >= 0.3 is 0 Å². The molecule has 2 aromatic rings. The second-order valence-corrected chi connectivity index (χ2v) is 10.8. The molecule has 3 fully saturated rings. The summed E-state index contributed by atoms with van der Waals surface area (Å²) in [5.74, 6) is 1.92. The number of rotatable bonds is 7. The number of hydrogen-bond donors (Lipinski definition) is 2. The van der Waals surface area contributed by atoms with Crippen molar-refractivity contribution < 1.29 is 4.79 Å². The van der Waals surface area contributed by atoms with E-state index in [1.165, 1.54) is 11.1 Å². The van der Waals surface area contributed by atoms with Gasteiger partial charge in [-0.1, -0.05) is 51.1 Å². The Bertz CT molecular complexity index is 1040. The molecule has 2 bridgehead atoms. The number of nitrogens with zero attached hydrogens (tertiary/aromatic N) is 2. The fourth-order valence-electron chi connectivity index (χ4n) is 5.61. The molecule has 1 aromatic carbocycles. The summed E-state index contributed by atoms with van der Waals surface area (Å²) in [4.78, 5) is 25.2. The van der Waals surface area contributed by atoms with Crippen molar-refractivity contribution in [3.63, 3.8) is 0 Å². The molecule has 1 aromatic heterocycles. The fraction of sp³-hybridized carbons (Fsp3) is 0.560. The van der Waals surface area contributed by atoms with Gasteiger partial charge in [-0.15, -0.1) is 0 Å². The van der Waals surface area contributed by atoms with Crippen LogP contribution in [0.4, 0.5) is 5.69 Å². The molecular weight excluding hydrogens is 468 g/mol. The third-order valence-electron chi connectivity index (χ3n) is 7.91. The van der Waals surface area contributed by atoms with Crippen LogP contribution >= 0.6 is 15.9 Å². The average molecular weight is 501 g/mol. The third-order valence-corrected chi connectivity index (χ3v) is 8.67. The molecule has 3 saturated carbocycles. The Morgan fingerprint density at radius 2 is 2.00 bits per heavy atom. The Kier molecular flexibility index (Phi) is 6.48. The number of carbonyl (C=O) groups is 1. The lowest BCUT2D eigenvalue weighted by molar-refractivity contribution is -0.122. The van der Waals surface area contributed by atoms with Crippen LogP contribution in [0.25, 0.3) is 0 Å². The maximum atomic E-state index is 12.8. The summed E-state index contributed by atoms with van der Waals surface area (Å²) in [5.41, 5.74) is 2.00. The van der Waals surface area contributed by atoms with Crippen LogP contribution in [0.5, 0.6) is 0 Å². The molecule has 1 unspecified atom stereocenters. The molecule has 1 heterocycles. The summed E-state index contributed by atoms with van der Waals surface area (Å²) in [6.07, 6.45) is 4.34. The minimum atomic E-state index is -0.215. The van der Waals surface area contributed by atoms with Gasteiger partial charge in [0, 0.05) is 12.5 Å². The van der Waals surface area contributed by atoms with Gasteiger partial charge in [0.05, 0.1) is 24.5 Å². The van der Waals surface area contributed by atoms with Gasteiger partial charge in [0.1, 0.15) is 4.47 Å². The maximum absolute atomic E-state index is 12.8. The third kappa shape index (κ3) is 4.36. The van der Waals surface area contributed by atoms with Crippen molar-refractivity contribution >= 4 is 27.5 Å². The minimum Gasteiger partial charge on any atom is -0.380 e. The summed E-state index contributed by atoms with van der Waals surface area (Å²) in [7, 11) is 0. The highest BCUT2D eigenvalue weighted by molar-refractivity contribution is 9.10. The maximum Gasteiger partial charge on any atom is 0.283 e. The highest BCUT2D eigenvalue weighted by atomic mass is 79.9. The van der Waals surface area contributed by atoms with E-state index in [9.17, 15) is 9.59 Å². The van der Waals surface area contributed by atoms with Gasteiger partial charge in [0.2, 0.25) is 5.91 Å². The smallest absolute Gasteiger partial charge is 0.283 e. The van der Waals surface area contributed by atoms with Crippen molar-refractivity contribution in [1.29, 1.82) is 0 Å². The second-order valence-electron chi connectivity index (χ2n) is 10.1. The molecule has 0 saturated heterocycles. The molecule has 5 rings (SSSR count). The summed E-state index contributed by atoms with van der Waals surface area (Å²) in [5, 5.41) is 10.9. The lowest BCUT2D eigenvalue weighted by Crippen LogP contribution is -2.58. The lowest BCUT2D eigenvalue weighted by Gasteiger charge is -2.62. The van der Waals surface area contributed by atoms with E-state index in [4.69, 9.17) is 0 Å². The number of carbonyl (C=O) groups excluding carboxylic acids is 1. The summed E-state index contributed by atoms with van der Waals surface area (Å²) in [6, 6.07) is 10.1. The van der Waals surface area contributed by atoms with Gasteiger partial charge in [-0.25, -0.2) is 4.68 Å². The van der Waals surface area contributed by atoms with Crippen LogP contribution in [0.15, 0.2) is 45.8 Å². The molecule has 1 amide bonds. The van der Waals surface area contributed by atoms with E-state index < -0.39 is 0 Å². The molecule has 2 N–H and O–H groups in total. The number of hydrogen-bond acceptors (Lipinski definition) is 4. The molecule has 32 heavy (non-hydrogen) atoms. The Morgan fingerprint density at radius 1 is 1.28 bits per heavy atom. The first-order valence-corrected chi connectivity index (χ1v) is 12.3. The molecule has 3 aliphatic rings. The van der Waals surface area contributed by atoms with Gasteiger partial charge in [0.25, 0.3) is 5.56 Å². The van der Waals surface area contributed by atoms with Crippen LogP contribution in [-0.4, -0.2) is 21.7 Å². The molecule has 6 nitrogen and oxygen atoms in total. The van der Waals surface area contributed by atoms with E-state index in [0.717, 1.165) is 29.5 Å². The van der Waals surface area contributed by atoms with E-state index in [1.807, 2.05) is 37.3 Å². The highest BCUT2D eigenvalue weighted by Crippen LogP contribution is 2.61. The van der Waals surface area contributed by atoms with Crippen molar-refractivity contribution in [3.8, 4) is 0 Å². The average Bonchev–Trinajstić information content (AvgIpc) is 2.77. The largest absolute Gasteiger partial charge is 0.380 e. The number of fused-ring (bicyclic) bond motifs is 2. The first-order valence-electron chi connectivity index (χ1n) is 11.5. The van der Waals surface area contributed by atoms with Crippen LogP contribution in [0.3, 0.4) is 0 Å². The van der Waals surface area contributed by atoms with Gasteiger partial charge in [-0.05, 0) is 64.4 Å². The monoisotopic (exact) mass is 500 g/mol. The van der Waals surface area contributed by atoms with Crippen molar-refractivity contribution in [2.45, 2.75) is 65.6 Å². The number of aromatic nitrogens is 2. The summed E-state index contributed by atoms with van der Waals surface area (Å²) >= 11 is 3.47. The lowest BCUT2D eigenvalue weighted by atomic mass is 9.45. The van der Waals surface area contributed by atoms with Crippen molar-refractivity contribution in [1.82, 2.24) is 15.1 Å². The number of benzene rings is 1. The van der Waals surface area contributed by atoms with Gasteiger partial charge < -0.3 is 10.6 Å². The second kappa shape index (κ2) is 9.00. The van der Waals surface area contributed by atoms with Crippen molar-refractivity contribution in [3.05, 3.63) is 56.9 Å². The zero-order valence-corrected chi connectivity index (χ0v) is 20.9. The Morgan fingerprint density at radius 3 is 2.66 bits per heavy atom. The Labute approximate surface area is 198 Å². The number of amides is 1. The fourth-order valence-corrected chi connectivity index (χ4v) is 6.03. The molecule has 3 aliphatic carbocycles. The highest BCUT2D eigenvalue weighted by Gasteiger charge is 2.56. The molecule has 0 radical (unpaired) electrons. The minimum absolute atomic E-state index is 0.0830. The van der Waals surface area contributed by atoms with E-state index in [2.05, 4.69) is 52.4 Å². The molecule has 0 spiro atoms. The number of aryl methyl sites for hydroxylation is 1. The van der Waals surface area contributed by atoms with Crippen LogP contribution < -0.4 is 16.2 Å². The number of nitrogens with one attached hydrogen (secondary N) is 2. The normalized spacial score (nSPS) is 26.7. The first kappa shape index (κ1) is 23.0. The molecule has 172 valence electrons. The number of halogens is 1. The van der Waals surface area contributed by atoms with E-state index >= 15 is 0 Å². The predicted molar refractivity (Wildman–Crippen MR) is 130 cm³/mol. The molecular formula is C25H33BrN4O2. The zero-order chi connectivity index (χ0) is 23.0. The SMILES string of the molecule is CC(NC(=O)CCn1ncc(N[C@@H]2C[C@@H]3C[C@H]([C@H]2C)C3(C)C)c(Br)c1=O)c1ccccc1. The van der Waals surface area contributed by atoms with Crippen LogP contribution in [0.2, 0.25) is 0 Å². The van der Waals surface area contributed by atoms with E-state index in [-0.39, 0.29) is 30.5 Å². The topological polar surface area (TPSA) is 76.0 Å². The molecule has 7 heteroatoms. The molecule has 5 atom stereocenters. The van der Waals surface area contributed by atoms with Gasteiger partial charge in [-0.3, -0.25) is 9.59 Å². The van der Waals surface area contributed by atoms with Crippen molar-refractivity contribution in [2.24, 2.45) is 23.2 Å². The van der Waals surface area contributed by atoms with Gasteiger partial charge in [0.15, 0.2) is 0 Å². The van der Waals surface area contributed by atoms with Crippen LogP contribution in [0.1, 0.15) is 58.6 Å². The molecule has 0 aliphatic heterocycles. The van der Waals surface area contributed by atoms with Gasteiger partial charge in [-0.2, -0.15) is 5.10 Å². The Balaban J connectivity index is 1.35. The predicted octanol–water partition coefficient (Wildman–Crippen LogP) is 4.76.